The van der Waals surface area contributed by atoms with Crippen LogP contribution in [-0.4, -0.2) is 14.5 Å². The molecule has 0 saturated carbocycles. The fourth-order valence-corrected chi connectivity index (χ4v) is 2.09. The van der Waals surface area contributed by atoms with Gasteiger partial charge in [-0.05, 0) is 19.1 Å². The Labute approximate surface area is 109 Å². The first-order valence-electron chi connectivity index (χ1n) is 6.01. The minimum atomic E-state index is -0.401. The van der Waals surface area contributed by atoms with E-state index >= 15 is 0 Å². The summed E-state index contributed by atoms with van der Waals surface area (Å²) in [6, 6.07) is 10.8. The van der Waals surface area contributed by atoms with Gasteiger partial charge >= 0.3 is 0 Å². The number of hydrogen-bond donors (Lipinski definition) is 1. The topological polar surface area (TPSA) is 56.7 Å². The molecule has 1 aromatic carbocycles. The number of hydrogen-bond acceptors (Lipinski definition) is 3. The van der Waals surface area contributed by atoms with E-state index in [9.17, 15) is 4.39 Å². The van der Waals surface area contributed by atoms with Crippen LogP contribution in [-0.2, 0) is 0 Å². The summed E-state index contributed by atoms with van der Waals surface area (Å²) in [5.41, 5.74) is 7.98. The molecule has 96 valence electrons. The number of halogens is 1. The third-order valence-corrected chi connectivity index (χ3v) is 2.91. The van der Waals surface area contributed by atoms with Crippen molar-refractivity contribution in [2.45, 2.75) is 13.0 Å². The second-order valence-electron chi connectivity index (χ2n) is 4.43. The van der Waals surface area contributed by atoms with Crippen molar-refractivity contribution in [1.82, 2.24) is 14.5 Å². The van der Waals surface area contributed by atoms with Crippen molar-refractivity contribution in [3.63, 3.8) is 0 Å². The highest BCUT2D eigenvalue weighted by atomic mass is 19.1. The molecule has 0 aliphatic heterocycles. The van der Waals surface area contributed by atoms with Gasteiger partial charge < -0.3 is 5.73 Å². The van der Waals surface area contributed by atoms with Crippen LogP contribution >= 0.6 is 0 Å². The summed E-state index contributed by atoms with van der Waals surface area (Å²) < 4.78 is 15.1. The number of fused-ring (bicyclic) bond motifs is 1. The van der Waals surface area contributed by atoms with Crippen LogP contribution < -0.4 is 5.73 Å². The zero-order chi connectivity index (χ0) is 13.4. The van der Waals surface area contributed by atoms with Crippen molar-refractivity contribution < 1.29 is 4.39 Å². The molecule has 0 radical (unpaired) electrons. The lowest BCUT2D eigenvalue weighted by Gasteiger charge is -2.10. The molecule has 0 bridgehead atoms. The first-order valence-corrected chi connectivity index (χ1v) is 6.01. The monoisotopic (exact) mass is 256 g/mol. The van der Waals surface area contributed by atoms with E-state index in [-0.39, 0.29) is 6.04 Å². The van der Waals surface area contributed by atoms with Crippen LogP contribution in [0.2, 0.25) is 0 Å². The number of aromatic nitrogens is 3. The predicted octanol–water partition coefficient (Wildman–Crippen LogP) is 2.58. The van der Waals surface area contributed by atoms with Crippen molar-refractivity contribution in [2.75, 3.05) is 0 Å². The van der Waals surface area contributed by atoms with Gasteiger partial charge in [0.2, 0.25) is 0 Å². The molecule has 0 amide bonds. The Morgan fingerprint density at radius 3 is 2.68 bits per heavy atom. The van der Waals surface area contributed by atoms with Gasteiger partial charge in [0, 0.05) is 11.8 Å². The molecule has 0 saturated heterocycles. The second kappa shape index (κ2) is 4.44. The summed E-state index contributed by atoms with van der Waals surface area (Å²) >= 11 is 0. The molecule has 0 aliphatic carbocycles. The van der Waals surface area contributed by atoms with E-state index in [1.165, 1.54) is 12.3 Å². The van der Waals surface area contributed by atoms with Gasteiger partial charge in [0.05, 0.1) is 12.2 Å². The third-order valence-electron chi connectivity index (χ3n) is 2.91. The van der Waals surface area contributed by atoms with E-state index in [0.717, 1.165) is 5.69 Å². The Morgan fingerprint density at radius 2 is 2.00 bits per heavy atom. The lowest BCUT2D eigenvalue weighted by atomic mass is 10.3. The Kier molecular flexibility index (Phi) is 2.76. The summed E-state index contributed by atoms with van der Waals surface area (Å²) in [5, 5.41) is 0. The van der Waals surface area contributed by atoms with Crippen molar-refractivity contribution in [1.29, 1.82) is 0 Å². The van der Waals surface area contributed by atoms with Gasteiger partial charge in [0.25, 0.3) is 0 Å². The number of para-hydroxylation sites is 1. The van der Waals surface area contributed by atoms with Crippen LogP contribution in [0.25, 0.3) is 16.9 Å². The normalized spacial score (nSPS) is 12.8. The van der Waals surface area contributed by atoms with Crippen LogP contribution in [0.1, 0.15) is 18.8 Å². The van der Waals surface area contributed by atoms with Crippen molar-refractivity contribution in [3.05, 3.63) is 54.2 Å². The molecule has 0 aliphatic rings. The first kappa shape index (κ1) is 11.8. The van der Waals surface area contributed by atoms with Crippen LogP contribution in [0.4, 0.5) is 4.39 Å². The smallest absolute Gasteiger partial charge is 0.164 e. The molecule has 1 atom stereocenters. The number of nitrogens with two attached hydrogens (primary N) is 1. The van der Waals surface area contributed by atoms with Gasteiger partial charge in [0.1, 0.15) is 17.2 Å². The minimum Gasteiger partial charge on any atom is -0.322 e. The summed E-state index contributed by atoms with van der Waals surface area (Å²) in [6.45, 7) is 1.84. The minimum absolute atomic E-state index is 0.266. The van der Waals surface area contributed by atoms with Crippen LogP contribution in [0.5, 0.6) is 0 Å². The molecule has 3 rings (SSSR count). The molecule has 0 unspecified atom stereocenters. The Bertz CT molecular complexity index is 719. The van der Waals surface area contributed by atoms with Gasteiger partial charge in [-0.1, -0.05) is 18.2 Å². The molecule has 3 aromatic rings. The molecule has 2 N–H and O–H groups in total. The van der Waals surface area contributed by atoms with E-state index in [1.807, 2.05) is 41.8 Å². The van der Waals surface area contributed by atoms with Gasteiger partial charge in [-0.25, -0.2) is 14.4 Å². The Morgan fingerprint density at radius 1 is 1.26 bits per heavy atom. The van der Waals surface area contributed by atoms with Gasteiger partial charge in [-0.15, -0.1) is 0 Å². The Hall–Kier alpha value is -2.27. The molecular formula is C14H13FN4. The van der Waals surface area contributed by atoms with Crippen molar-refractivity contribution >= 4 is 11.2 Å². The van der Waals surface area contributed by atoms with Crippen LogP contribution in [0.3, 0.4) is 0 Å². The number of rotatable bonds is 2. The van der Waals surface area contributed by atoms with Gasteiger partial charge in [0.15, 0.2) is 5.65 Å². The van der Waals surface area contributed by atoms with E-state index in [1.54, 1.807) is 0 Å². The second-order valence-corrected chi connectivity index (χ2v) is 4.43. The molecule has 4 nitrogen and oxygen atoms in total. The average molecular weight is 256 g/mol. The molecule has 2 aromatic heterocycles. The largest absolute Gasteiger partial charge is 0.322 e. The fraction of sp³-hybridized carbons (Fsp3) is 0.143. The summed E-state index contributed by atoms with van der Waals surface area (Å²) in [4.78, 5) is 8.51. The lowest BCUT2D eigenvalue weighted by molar-refractivity contribution is 0.623. The third kappa shape index (κ3) is 1.98. The number of pyridine rings is 1. The highest BCUT2D eigenvalue weighted by Crippen LogP contribution is 2.23. The summed E-state index contributed by atoms with van der Waals surface area (Å²) in [7, 11) is 0. The Balaban J connectivity index is 2.35. The van der Waals surface area contributed by atoms with Crippen LogP contribution in [0.15, 0.2) is 42.6 Å². The number of imidazole rings is 1. The molecule has 2 heterocycles. The van der Waals surface area contributed by atoms with E-state index < -0.39 is 5.82 Å². The molecule has 0 spiro atoms. The maximum Gasteiger partial charge on any atom is 0.164 e. The maximum atomic E-state index is 13.2. The zero-order valence-corrected chi connectivity index (χ0v) is 10.4. The average Bonchev–Trinajstić information content (AvgIpc) is 2.78. The first-order chi connectivity index (χ1) is 9.16. The summed E-state index contributed by atoms with van der Waals surface area (Å²) in [5.74, 6) is 0.265. The van der Waals surface area contributed by atoms with Gasteiger partial charge in [-0.3, -0.25) is 4.57 Å². The molecule has 19 heavy (non-hydrogen) atoms. The fourth-order valence-electron chi connectivity index (χ4n) is 2.09. The van der Waals surface area contributed by atoms with Gasteiger partial charge in [-0.2, -0.15) is 0 Å². The highest BCUT2D eigenvalue weighted by Gasteiger charge is 2.16. The molecule has 5 heteroatoms. The zero-order valence-electron chi connectivity index (χ0n) is 10.4. The molecule has 0 fully saturated rings. The van der Waals surface area contributed by atoms with Crippen LogP contribution in [0, 0.1) is 5.82 Å². The van der Waals surface area contributed by atoms with Crippen molar-refractivity contribution in [2.24, 2.45) is 5.73 Å². The predicted molar refractivity (Wildman–Crippen MR) is 71.4 cm³/mol. The number of benzene rings is 1. The quantitative estimate of drug-likeness (QED) is 0.766. The maximum absolute atomic E-state index is 13.2. The van der Waals surface area contributed by atoms with E-state index in [4.69, 9.17) is 5.73 Å². The lowest BCUT2D eigenvalue weighted by Crippen LogP contribution is -2.12. The SMILES string of the molecule is C[C@H](N)c1nc2cc(F)cnc2n1-c1ccccc1. The standard InChI is InChI=1S/C14H13FN4/c1-9(16)13-18-12-7-10(15)8-17-14(12)19(13)11-5-3-2-4-6-11/h2-9H,16H2,1H3/t9-/m0/s1. The molecular weight excluding hydrogens is 243 g/mol. The highest BCUT2D eigenvalue weighted by molar-refractivity contribution is 5.74. The van der Waals surface area contributed by atoms with Crippen molar-refractivity contribution in [3.8, 4) is 5.69 Å². The van der Waals surface area contributed by atoms with E-state index in [2.05, 4.69) is 9.97 Å². The summed E-state index contributed by atoms with van der Waals surface area (Å²) in [6.07, 6.45) is 1.19. The van der Waals surface area contributed by atoms with E-state index in [0.29, 0.717) is 17.0 Å². The number of nitrogens with zero attached hydrogens (tertiary/aromatic N) is 3.